The molecule has 0 aromatic carbocycles. The van der Waals surface area contributed by atoms with Crippen molar-refractivity contribution in [1.29, 1.82) is 0 Å². The van der Waals surface area contributed by atoms with Crippen molar-refractivity contribution in [1.82, 2.24) is 9.97 Å². The second kappa shape index (κ2) is 4.03. The minimum absolute atomic E-state index is 0.0333. The minimum Gasteiger partial charge on any atom is -0.396 e. The van der Waals surface area contributed by atoms with Crippen LogP contribution in [0.3, 0.4) is 0 Å². The third-order valence-corrected chi connectivity index (χ3v) is 1.98. The molecule has 0 saturated carbocycles. The zero-order valence-corrected chi connectivity index (χ0v) is 8.02. The Labute approximate surface area is 80.4 Å². The number of rotatable bonds is 2. The number of halogens is 2. The van der Waals surface area contributed by atoms with Gasteiger partial charge in [0.1, 0.15) is 5.15 Å². The van der Waals surface area contributed by atoms with E-state index in [0.29, 0.717) is 17.3 Å². The highest BCUT2D eigenvalue weighted by atomic mass is 35.5. The van der Waals surface area contributed by atoms with Gasteiger partial charge in [0.15, 0.2) is 0 Å². The standard InChI is InChI=1S/C7H8Cl2N2O/c1-4-5(2-3-12)6(8)11-7(9)10-4/h12H,2-3H2,1H3. The van der Waals surface area contributed by atoms with E-state index in [1.54, 1.807) is 6.92 Å². The van der Waals surface area contributed by atoms with Crippen molar-refractivity contribution >= 4 is 23.2 Å². The molecule has 0 amide bonds. The van der Waals surface area contributed by atoms with E-state index < -0.39 is 0 Å². The van der Waals surface area contributed by atoms with E-state index in [-0.39, 0.29) is 11.9 Å². The van der Waals surface area contributed by atoms with Gasteiger partial charge < -0.3 is 5.11 Å². The lowest BCUT2D eigenvalue weighted by atomic mass is 10.2. The third kappa shape index (κ3) is 2.06. The Balaban J connectivity index is 3.10. The van der Waals surface area contributed by atoms with Gasteiger partial charge in [-0.3, -0.25) is 0 Å². The SMILES string of the molecule is Cc1nc(Cl)nc(Cl)c1CCO. The van der Waals surface area contributed by atoms with Crippen LogP contribution in [0.4, 0.5) is 0 Å². The van der Waals surface area contributed by atoms with E-state index >= 15 is 0 Å². The maximum atomic E-state index is 8.69. The van der Waals surface area contributed by atoms with Gasteiger partial charge in [0.2, 0.25) is 5.28 Å². The maximum Gasteiger partial charge on any atom is 0.224 e. The molecule has 0 radical (unpaired) electrons. The summed E-state index contributed by atoms with van der Waals surface area (Å²) < 4.78 is 0. The number of aliphatic hydroxyl groups is 1. The fourth-order valence-electron chi connectivity index (χ4n) is 0.924. The Kier molecular flexibility index (Phi) is 3.26. The summed E-state index contributed by atoms with van der Waals surface area (Å²) in [5, 5.41) is 9.15. The van der Waals surface area contributed by atoms with E-state index in [1.807, 2.05) is 0 Å². The average Bonchev–Trinajstić information content (AvgIpc) is 1.96. The fraction of sp³-hybridized carbons (Fsp3) is 0.429. The highest BCUT2D eigenvalue weighted by molar-refractivity contribution is 6.32. The molecule has 1 aromatic rings. The summed E-state index contributed by atoms with van der Waals surface area (Å²) in [6, 6.07) is 0. The van der Waals surface area contributed by atoms with Crippen LogP contribution in [0.15, 0.2) is 0 Å². The zero-order chi connectivity index (χ0) is 9.14. The molecule has 1 heterocycles. The van der Waals surface area contributed by atoms with Crippen LogP contribution in [0.5, 0.6) is 0 Å². The maximum absolute atomic E-state index is 8.69. The van der Waals surface area contributed by atoms with E-state index in [0.717, 1.165) is 5.56 Å². The van der Waals surface area contributed by atoms with Gasteiger partial charge in [-0.05, 0) is 18.5 Å². The van der Waals surface area contributed by atoms with E-state index in [1.165, 1.54) is 0 Å². The molecule has 0 aliphatic rings. The third-order valence-electron chi connectivity index (χ3n) is 1.50. The molecule has 5 heteroatoms. The smallest absolute Gasteiger partial charge is 0.224 e. The summed E-state index contributed by atoms with van der Waals surface area (Å²) in [5.41, 5.74) is 1.47. The van der Waals surface area contributed by atoms with Gasteiger partial charge in [-0.2, -0.15) is 0 Å². The topological polar surface area (TPSA) is 46.0 Å². The molecule has 0 unspecified atom stereocenters. The Morgan fingerprint density at radius 3 is 2.50 bits per heavy atom. The lowest BCUT2D eigenvalue weighted by Crippen LogP contribution is -2.00. The van der Waals surface area contributed by atoms with Gasteiger partial charge in [-0.15, -0.1) is 0 Å². The van der Waals surface area contributed by atoms with Crippen molar-refractivity contribution in [3.63, 3.8) is 0 Å². The summed E-state index contributed by atoms with van der Waals surface area (Å²) in [7, 11) is 0. The minimum atomic E-state index is 0.0333. The molecule has 1 N–H and O–H groups in total. The molecule has 0 saturated heterocycles. The molecule has 0 fully saturated rings. The van der Waals surface area contributed by atoms with Crippen molar-refractivity contribution in [2.24, 2.45) is 0 Å². The van der Waals surface area contributed by atoms with Gasteiger partial charge >= 0.3 is 0 Å². The predicted molar refractivity (Wildman–Crippen MR) is 47.6 cm³/mol. The van der Waals surface area contributed by atoms with Gasteiger partial charge in [-0.25, -0.2) is 9.97 Å². The molecule has 3 nitrogen and oxygen atoms in total. The molecular weight excluding hydrogens is 199 g/mol. The number of hydrogen-bond donors (Lipinski definition) is 1. The second-order valence-electron chi connectivity index (χ2n) is 2.32. The number of aromatic nitrogens is 2. The number of nitrogens with zero attached hydrogens (tertiary/aromatic N) is 2. The zero-order valence-electron chi connectivity index (χ0n) is 6.51. The average molecular weight is 207 g/mol. The van der Waals surface area contributed by atoms with E-state index in [9.17, 15) is 0 Å². The molecule has 0 atom stereocenters. The van der Waals surface area contributed by atoms with Crippen molar-refractivity contribution in [3.05, 3.63) is 21.7 Å². The van der Waals surface area contributed by atoms with Crippen LogP contribution in [0.1, 0.15) is 11.3 Å². The Morgan fingerprint density at radius 2 is 2.00 bits per heavy atom. The quantitative estimate of drug-likeness (QED) is 0.592. The number of aryl methyl sites for hydroxylation is 1. The summed E-state index contributed by atoms with van der Waals surface area (Å²) in [5.74, 6) is 0. The second-order valence-corrected chi connectivity index (χ2v) is 3.02. The first-order valence-corrected chi connectivity index (χ1v) is 4.20. The molecule has 1 aromatic heterocycles. The highest BCUT2D eigenvalue weighted by Gasteiger charge is 2.07. The summed E-state index contributed by atoms with van der Waals surface area (Å²) >= 11 is 11.3. The molecule has 0 bridgehead atoms. The Morgan fingerprint density at radius 1 is 1.33 bits per heavy atom. The lowest BCUT2D eigenvalue weighted by Gasteiger charge is -2.04. The molecule has 12 heavy (non-hydrogen) atoms. The van der Waals surface area contributed by atoms with Crippen molar-refractivity contribution in [2.75, 3.05) is 6.61 Å². The fourth-order valence-corrected chi connectivity index (χ4v) is 1.49. The van der Waals surface area contributed by atoms with Crippen molar-refractivity contribution in [2.45, 2.75) is 13.3 Å². The summed E-state index contributed by atoms with van der Waals surface area (Å²) in [6.45, 7) is 1.82. The van der Waals surface area contributed by atoms with Crippen molar-refractivity contribution < 1.29 is 5.11 Å². The number of aliphatic hydroxyl groups excluding tert-OH is 1. The van der Waals surface area contributed by atoms with Gasteiger partial charge in [0, 0.05) is 24.3 Å². The highest BCUT2D eigenvalue weighted by Crippen LogP contribution is 2.18. The Bertz CT molecular complexity index is 268. The summed E-state index contributed by atoms with van der Waals surface area (Å²) in [6.07, 6.45) is 0.460. The first-order chi connectivity index (χ1) is 5.65. The van der Waals surface area contributed by atoms with E-state index in [2.05, 4.69) is 9.97 Å². The van der Waals surface area contributed by atoms with Crippen LogP contribution in [-0.2, 0) is 6.42 Å². The molecule has 66 valence electrons. The van der Waals surface area contributed by atoms with Crippen LogP contribution in [0.2, 0.25) is 10.4 Å². The molecule has 1 rings (SSSR count). The predicted octanol–water partition coefficient (Wildman–Crippen LogP) is 1.63. The van der Waals surface area contributed by atoms with Gasteiger partial charge in [0.05, 0.1) is 0 Å². The number of hydrogen-bond acceptors (Lipinski definition) is 3. The largest absolute Gasteiger partial charge is 0.396 e. The first-order valence-electron chi connectivity index (χ1n) is 3.44. The van der Waals surface area contributed by atoms with Crippen LogP contribution in [0.25, 0.3) is 0 Å². The van der Waals surface area contributed by atoms with Crippen molar-refractivity contribution in [3.8, 4) is 0 Å². The normalized spacial score (nSPS) is 10.3. The van der Waals surface area contributed by atoms with Gasteiger partial charge in [0.25, 0.3) is 0 Å². The molecule has 0 aliphatic carbocycles. The monoisotopic (exact) mass is 206 g/mol. The Hall–Kier alpha value is -0.380. The summed E-state index contributed by atoms with van der Waals surface area (Å²) in [4.78, 5) is 7.67. The lowest BCUT2D eigenvalue weighted by molar-refractivity contribution is 0.299. The van der Waals surface area contributed by atoms with Crippen LogP contribution < -0.4 is 0 Å². The van der Waals surface area contributed by atoms with Crippen LogP contribution >= 0.6 is 23.2 Å². The van der Waals surface area contributed by atoms with Crippen LogP contribution in [-0.4, -0.2) is 21.7 Å². The van der Waals surface area contributed by atoms with Crippen LogP contribution in [0, 0.1) is 6.92 Å². The van der Waals surface area contributed by atoms with E-state index in [4.69, 9.17) is 28.3 Å². The first kappa shape index (κ1) is 9.71. The molecule has 0 spiro atoms. The van der Waals surface area contributed by atoms with Gasteiger partial charge in [-0.1, -0.05) is 11.6 Å². The molecular formula is C7H8Cl2N2O. The molecule has 0 aliphatic heterocycles.